The van der Waals surface area contributed by atoms with Crippen LogP contribution in [0.1, 0.15) is 57.1 Å². The zero-order valence-electron chi connectivity index (χ0n) is 17.3. The summed E-state index contributed by atoms with van der Waals surface area (Å²) in [5.41, 5.74) is 3.87. The van der Waals surface area contributed by atoms with Gasteiger partial charge in [-0.2, -0.15) is 4.99 Å². The maximum atomic E-state index is 11.9. The number of hydrogen-bond acceptors (Lipinski definition) is 7. The van der Waals surface area contributed by atoms with Crippen molar-refractivity contribution in [2.75, 3.05) is 11.9 Å². The van der Waals surface area contributed by atoms with Gasteiger partial charge in [0.15, 0.2) is 0 Å². The first-order valence-corrected chi connectivity index (χ1v) is 10.3. The van der Waals surface area contributed by atoms with Crippen LogP contribution in [0.15, 0.2) is 43.6 Å². The van der Waals surface area contributed by atoms with Gasteiger partial charge in [-0.3, -0.25) is 4.79 Å². The minimum Gasteiger partial charge on any atom is -0.360 e. The Labute approximate surface area is 171 Å². The van der Waals surface area contributed by atoms with Crippen LogP contribution in [0.25, 0.3) is 0 Å². The zero-order valence-corrected chi connectivity index (χ0v) is 17.3. The van der Waals surface area contributed by atoms with Crippen LogP contribution in [0.2, 0.25) is 0 Å². The second-order valence-corrected chi connectivity index (χ2v) is 7.15. The summed E-state index contributed by atoms with van der Waals surface area (Å²) in [4.78, 5) is 20.1. The lowest BCUT2D eigenvalue weighted by atomic mass is 10.1. The standard InChI is InChI=1S/C21H28N6O2/c1-4-12-29-18(22-16-11-10-14(3)15(5-2)13-16)9-7-6-8-17-23-20-19(21(28)24-17)25-27-26-20/h10-11,13,18,22H,4-9,12H2,1-3H3. The van der Waals surface area contributed by atoms with E-state index >= 15 is 0 Å². The van der Waals surface area contributed by atoms with Crippen molar-refractivity contribution in [1.29, 1.82) is 0 Å². The number of aryl methyl sites for hydroxylation is 2. The Bertz CT molecular complexity index is 872. The lowest BCUT2D eigenvalue weighted by Crippen LogP contribution is -2.25. The predicted molar refractivity (Wildman–Crippen MR) is 115 cm³/mol. The summed E-state index contributed by atoms with van der Waals surface area (Å²) < 4.78 is 6.00. The summed E-state index contributed by atoms with van der Waals surface area (Å²) in [6, 6.07) is 6.45. The number of carbonyl (C=O) groups excluding carboxylic acids is 1. The van der Waals surface area contributed by atoms with E-state index in [1.807, 2.05) is 0 Å². The van der Waals surface area contributed by atoms with E-state index in [9.17, 15) is 4.79 Å². The number of ether oxygens (including phenoxy) is 1. The van der Waals surface area contributed by atoms with Crippen LogP contribution in [0, 0.1) is 6.92 Å². The van der Waals surface area contributed by atoms with Crippen molar-refractivity contribution >= 4 is 29.0 Å². The van der Waals surface area contributed by atoms with Crippen molar-refractivity contribution < 1.29 is 9.53 Å². The molecule has 1 N–H and O–H groups in total. The van der Waals surface area contributed by atoms with Crippen LogP contribution in [-0.2, 0) is 16.0 Å². The Hall–Kier alpha value is -2.74. The number of hydrogen-bond donors (Lipinski definition) is 1. The highest BCUT2D eigenvalue weighted by molar-refractivity contribution is 6.69. The lowest BCUT2D eigenvalue weighted by Gasteiger charge is -2.21. The van der Waals surface area contributed by atoms with Gasteiger partial charge < -0.3 is 10.1 Å². The first-order chi connectivity index (χ1) is 14.1. The van der Waals surface area contributed by atoms with Gasteiger partial charge in [-0.25, -0.2) is 4.99 Å². The third-order valence-electron chi connectivity index (χ3n) is 4.86. The Morgan fingerprint density at radius 3 is 2.83 bits per heavy atom. The molecule has 0 saturated carbocycles. The molecule has 0 aromatic heterocycles. The number of amidine groups is 2. The number of anilines is 1. The van der Waals surface area contributed by atoms with E-state index in [1.165, 1.54) is 11.1 Å². The average Bonchev–Trinajstić information content (AvgIpc) is 3.19. The number of rotatable bonds is 11. The van der Waals surface area contributed by atoms with Crippen molar-refractivity contribution in [2.45, 2.75) is 65.5 Å². The van der Waals surface area contributed by atoms with E-state index in [-0.39, 0.29) is 17.8 Å². The fourth-order valence-electron chi connectivity index (χ4n) is 3.24. The van der Waals surface area contributed by atoms with Gasteiger partial charge in [0.25, 0.3) is 0 Å². The third kappa shape index (κ3) is 5.63. The SMILES string of the molecule is CCCOC(CCCCC1=NC(=O)C2=NN=NC2=N1)Nc1ccc(C)c(CC)c1. The summed E-state index contributed by atoms with van der Waals surface area (Å²) in [6.45, 7) is 7.12. The van der Waals surface area contributed by atoms with Crippen molar-refractivity contribution in [1.82, 2.24) is 0 Å². The molecule has 1 amide bonds. The largest absolute Gasteiger partial charge is 0.360 e. The Balaban J connectivity index is 1.51. The molecule has 3 rings (SSSR count). The maximum Gasteiger partial charge on any atom is 0.303 e. The van der Waals surface area contributed by atoms with Crippen molar-refractivity contribution in [3.8, 4) is 0 Å². The predicted octanol–water partition coefficient (Wildman–Crippen LogP) is 4.44. The molecule has 8 heteroatoms. The summed E-state index contributed by atoms with van der Waals surface area (Å²) in [7, 11) is 0. The van der Waals surface area contributed by atoms with Gasteiger partial charge in [0.05, 0.1) is 0 Å². The number of nitrogens with zero attached hydrogens (tertiary/aromatic N) is 5. The first-order valence-electron chi connectivity index (χ1n) is 10.3. The van der Waals surface area contributed by atoms with Gasteiger partial charge in [-0.15, -0.1) is 10.2 Å². The van der Waals surface area contributed by atoms with E-state index in [0.717, 1.165) is 37.8 Å². The molecular weight excluding hydrogens is 368 g/mol. The average molecular weight is 396 g/mol. The number of fused-ring (bicyclic) bond motifs is 1. The highest BCUT2D eigenvalue weighted by atomic mass is 16.5. The van der Waals surface area contributed by atoms with E-state index in [1.54, 1.807) is 0 Å². The minimum atomic E-state index is -0.410. The van der Waals surface area contributed by atoms with Gasteiger partial charge in [0.2, 0.25) is 11.5 Å². The molecule has 154 valence electrons. The molecule has 1 aromatic carbocycles. The molecule has 2 heterocycles. The number of carbonyl (C=O) groups is 1. The monoisotopic (exact) mass is 396 g/mol. The number of nitrogens with one attached hydrogen (secondary N) is 1. The normalized spacial score (nSPS) is 16.2. The van der Waals surface area contributed by atoms with Gasteiger partial charge in [-0.1, -0.05) is 19.9 Å². The van der Waals surface area contributed by atoms with Gasteiger partial charge in [-0.05, 0) is 67.5 Å². The molecule has 2 aliphatic heterocycles. The molecule has 0 spiro atoms. The topological polar surface area (TPSA) is 100 Å². The molecule has 1 aromatic rings. The second kappa shape index (κ2) is 10.2. The van der Waals surface area contributed by atoms with E-state index in [0.29, 0.717) is 18.9 Å². The lowest BCUT2D eigenvalue weighted by molar-refractivity contribution is -0.111. The van der Waals surface area contributed by atoms with Crippen LogP contribution in [0.5, 0.6) is 0 Å². The highest BCUT2D eigenvalue weighted by Gasteiger charge is 2.27. The molecule has 0 saturated heterocycles. The molecule has 0 radical (unpaired) electrons. The summed E-state index contributed by atoms with van der Waals surface area (Å²) >= 11 is 0. The van der Waals surface area contributed by atoms with Gasteiger partial charge in [0.1, 0.15) is 12.1 Å². The zero-order chi connectivity index (χ0) is 20.6. The Kier molecular flexibility index (Phi) is 7.35. The number of unbranched alkanes of at least 4 members (excludes halogenated alkanes) is 1. The van der Waals surface area contributed by atoms with Crippen LogP contribution in [0.4, 0.5) is 5.69 Å². The second-order valence-electron chi connectivity index (χ2n) is 7.15. The van der Waals surface area contributed by atoms with Crippen molar-refractivity contribution in [3.63, 3.8) is 0 Å². The Morgan fingerprint density at radius 2 is 2.03 bits per heavy atom. The van der Waals surface area contributed by atoms with Crippen LogP contribution in [-0.4, -0.2) is 36.1 Å². The molecule has 2 aliphatic rings. The molecule has 1 atom stereocenters. The first kappa shape index (κ1) is 21.0. The van der Waals surface area contributed by atoms with E-state index in [2.05, 4.69) is 69.7 Å². The molecule has 0 bridgehead atoms. The molecule has 1 unspecified atom stereocenters. The Morgan fingerprint density at radius 1 is 1.17 bits per heavy atom. The van der Waals surface area contributed by atoms with Crippen LogP contribution < -0.4 is 5.32 Å². The van der Waals surface area contributed by atoms with Crippen molar-refractivity contribution in [2.24, 2.45) is 25.4 Å². The summed E-state index contributed by atoms with van der Waals surface area (Å²) in [6.07, 6.45) is 5.19. The number of aliphatic imine (C=N–C) groups is 2. The molecule has 0 aliphatic carbocycles. The maximum absolute atomic E-state index is 11.9. The third-order valence-corrected chi connectivity index (χ3v) is 4.86. The van der Waals surface area contributed by atoms with E-state index in [4.69, 9.17) is 4.74 Å². The molecular formula is C21H28N6O2. The molecule has 8 nitrogen and oxygen atoms in total. The fraction of sp³-hybridized carbons (Fsp3) is 0.524. The van der Waals surface area contributed by atoms with Crippen LogP contribution in [0.3, 0.4) is 0 Å². The van der Waals surface area contributed by atoms with Crippen molar-refractivity contribution in [3.05, 3.63) is 29.3 Å². The van der Waals surface area contributed by atoms with Gasteiger partial charge >= 0.3 is 5.91 Å². The summed E-state index contributed by atoms with van der Waals surface area (Å²) in [5, 5.41) is 14.4. The number of benzene rings is 1. The summed E-state index contributed by atoms with van der Waals surface area (Å²) in [5.74, 6) is 0.360. The van der Waals surface area contributed by atoms with E-state index < -0.39 is 5.91 Å². The quantitative estimate of drug-likeness (QED) is 0.442. The highest BCUT2D eigenvalue weighted by Crippen LogP contribution is 2.19. The molecule has 0 fully saturated rings. The van der Waals surface area contributed by atoms with Gasteiger partial charge in [0, 0.05) is 18.7 Å². The minimum absolute atomic E-state index is 0.0500. The smallest absolute Gasteiger partial charge is 0.303 e. The number of amides is 1. The fourth-order valence-corrected chi connectivity index (χ4v) is 3.24. The molecule has 29 heavy (non-hydrogen) atoms. The van der Waals surface area contributed by atoms with Crippen LogP contribution >= 0.6 is 0 Å².